The standard InChI is InChI=1S/C21H26FN3O2/c1-13-5-6-20(14(2)24-13)27-21-9-16-11-25(10-15(16)8-19(21)26)12-18-17(22)4-3-7-23-18/h3-7,15-16,19,21,26H,8-12H2,1-2H3/t15-,16+,19+,21+/m0/s1. The molecule has 1 saturated carbocycles. The van der Waals surface area contributed by atoms with Gasteiger partial charge in [0.2, 0.25) is 0 Å². The van der Waals surface area contributed by atoms with Crippen LogP contribution in [0.2, 0.25) is 0 Å². The second kappa shape index (κ2) is 7.52. The molecule has 5 nitrogen and oxygen atoms in total. The van der Waals surface area contributed by atoms with Crippen LogP contribution in [0.5, 0.6) is 5.75 Å². The second-order valence-electron chi connectivity index (χ2n) is 7.88. The van der Waals surface area contributed by atoms with Gasteiger partial charge < -0.3 is 9.84 Å². The van der Waals surface area contributed by atoms with Crippen LogP contribution in [0.15, 0.2) is 30.5 Å². The first-order valence-electron chi connectivity index (χ1n) is 9.60. The van der Waals surface area contributed by atoms with Gasteiger partial charge in [-0.3, -0.25) is 14.9 Å². The molecule has 0 unspecified atom stereocenters. The number of ether oxygens (including phenoxy) is 1. The third-order valence-corrected chi connectivity index (χ3v) is 5.82. The van der Waals surface area contributed by atoms with Crippen LogP contribution in [0.3, 0.4) is 0 Å². The fourth-order valence-electron chi connectivity index (χ4n) is 4.45. The summed E-state index contributed by atoms with van der Waals surface area (Å²) in [6, 6.07) is 6.93. The lowest BCUT2D eigenvalue weighted by atomic mass is 9.78. The number of hydrogen-bond acceptors (Lipinski definition) is 5. The van der Waals surface area contributed by atoms with Crippen molar-refractivity contribution in [1.29, 1.82) is 0 Å². The number of aryl methyl sites for hydroxylation is 2. The molecule has 2 aromatic heterocycles. The van der Waals surface area contributed by atoms with Crippen molar-refractivity contribution in [2.24, 2.45) is 11.8 Å². The molecule has 3 heterocycles. The predicted octanol–water partition coefficient (Wildman–Crippen LogP) is 2.88. The molecule has 0 bridgehead atoms. The van der Waals surface area contributed by atoms with Gasteiger partial charge in [-0.05, 0) is 62.8 Å². The topological polar surface area (TPSA) is 58.5 Å². The maximum atomic E-state index is 13.9. The van der Waals surface area contributed by atoms with Crippen molar-refractivity contribution in [3.63, 3.8) is 0 Å². The van der Waals surface area contributed by atoms with E-state index in [1.54, 1.807) is 12.3 Å². The van der Waals surface area contributed by atoms with Crippen molar-refractivity contribution in [1.82, 2.24) is 14.9 Å². The van der Waals surface area contributed by atoms with E-state index < -0.39 is 6.10 Å². The van der Waals surface area contributed by atoms with E-state index >= 15 is 0 Å². The maximum Gasteiger partial charge on any atom is 0.146 e. The van der Waals surface area contributed by atoms with E-state index in [1.807, 2.05) is 26.0 Å². The molecule has 0 amide bonds. The number of nitrogens with zero attached hydrogens (tertiary/aromatic N) is 3. The molecule has 144 valence electrons. The number of rotatable bonds is 4. The number of fused-ring (bicyclic) bond motifs is 1. The molecule has 4 atom stereocenters. The van der Waals surface area contributed by atoms with Gasteiger partial charge in [-0.15, -0.1) is 0 Å². The fourth-order valence-corrected chi connectivity index (χ4v) is 4.45. The highest BCUT2D eigenvalue weighted by molar-refractivity contribution is 5.28. The molecule has 1 N–H and O–H groups in total. The fraction of sp³-hybridized carbons (Fsp3) is 0.524. The number of aliphatic hydroxyl groups is 1. The quantitative estimate of drug-likeness (QED) is 0.896. The number of likely N-dealkylation sites (tertiary alicyclic amines) is 1. The molecular weight excluding hydrogens is 345 g/mol. The summed E-state index contributed by atoms with van der Waals surface area (Å²) in [5, 5.41) is 10.6. The lowest BCUT2D eigenvalue weighted by Crippen LogP contribution is -2.42. The van der Waals surface area contributed by atoms with Crippen molar-refractivity contribution < 1.29 is 14.2 Å². The minimum atomic E-state index is -0.488. The van der Waals surface area contributed by atoms with Crippen LogP contribution in [0.1, 0.15) is 29.9 Å². The molecule has 2 aromatic rings. The number of aliphatic hydroxyl groups excluding tert-OH is 1. The third kappa shape index (κ3) is 3.96. The summed E-state index contributed by atoms with van der Waals surface area (Å²) in [6.45, 7) is 6.16. The van der Waals surface area contributed by atoms with E-state index in [4.69, 9.17) is 4.74 Å². The molecule has 2 aliphatic rings. The Balaban J connectivity index is 1.40. The van der Waals surface area contributed by atoms with Gasteiger partial charge in [0.05, 0.1) is 17.5 Å². The Kier molecular flexibility index (Phi) is 5.10. The van der Waals surface area contributed by atoms with Gasteiger partial charge in [-0.25, -0.2) is 4.39 Å². The van der Waals surface area contributed by atoms with E-state index in [2.05, 4.69) is 14.9 Å². The van der Waals surface area contributed by atoms with Crippen LogP contribution in [0.4, 0.5) is 4.39 Å². The molecule has 1 saturated heterocycles. The van der Waals surface area contributed by atoms with Gasteiger partial charge in [0.1, 0.15) is 17.7 Å². The summed E-state index contributed by atoms with van der Waals surface area (Å²) in [7, 11) is 0. The Morgan fingerprint density at radius 2 is 1.96 bits per heavy atom. The van der Waals surface area contributed by atoms with E-state index in [1.165, 1.54) is 6.07 Å². The van der Waals surface area contributed by atoms with E-state index in [9.17, 15) is 9.50 Å². The highest BCUT2D eigenvalue weighted by Gasteiger charge is 2.42. The summed E-state index contributed by atoms with van der Waals surface area (Å²) in [5.74, 6) is 1.36. The summed E-state index contributed by atoms with van der Waals surface area (Å²) in [4.78, 5) is 10.8. The third-order valence-electron chi connectivity index (χ3n) is 5.82. The number of halogens is 1. The van der Waals surface area contributed by atoms with Crippen LogP contribution < -0.4 is 4.74 Å². The molecule has 1 aliphatic heterocycles. The predicted molar refractivity (Wildman–Crippen MR) is 99.8 cm³/mol. The minimum absolute atomic E-state index is 0.221. The highest BCUT2D eigenvalue weighted by atomic mass is 19.1. The SMILES string of the molecule is Cc1ccc(O[C@@H]2C[C@@H]3CN(Cc4ncccc4F)C[C@@H]3C[C@H]2O)c(C)n1. The Hall–Kier alpha value is -2.05. The van der Waals surface area contributed by atoms with Gasteiger partial charge in [0.15, 0.2) is 0 Å². The molecule has 0 radical (unpaired) electrons. The molecular formula is C21H26FN3O2. The second-order valence-corrected chi connectivity index (χ2v) is 7.88. The zero-order valence-corrected chi connectivity index (χ0v) is 15.8. The summed E-state index contributed by atoms with van der Waals surface area (Å²) >= 11 is 0. The first-order valence-corrected chi connectivity index (χ1v) is 9.60. The van der Waals surface area contributed by atoms with Crippen molar-refractivity contribution in [2.75, 3.05) is 13.1 Å². The molecule has 0 spiro atoms. The number of hydrogen-bond donors (Lipinski definition) is 1. The molecule has 0 aromatic carbocycles. The Labute approximate surface area is 159 Å². The first-order chi connectivity index (χ1) is 13.0. The Morgan fingerprint density at radius 3 is 2.70 bits per heavy atom. The van der Waals surface area contributed by atoms with Gasteiger partial charge >= 0.3 is 0 Å². The zero-order valence-electron chi connectivity index (χ0n) is 15.8. The van der Waals surface area contributed by atoms with E-state index in [0.29, 0.717) is 24.1 Å². The summed E-state index contributed by atoms with van der Waals surface area (Å²) < 4.78 is 20.0. The average molecular weight is 371 g/mol. The lowest BCUT2D eigenvalue weighted by Gasteiger charge is -2.35. The van der Waals surface area contributed by atoms with Crippen LogP contribution in [0.25, 0.3) is 0 Å². The van der Waals surface area contributed by atoms with Crippen molar-refractivity contribution in [3.05, 3.63) is 53.4 Å². The largest absolute Gasteiger partial charge is 0.486 e. The lowest BCUT2D eigenvalue weighted by molar-refractivity contribution is -0.0236. The molecule has 6 heteroatoms. The normalized spacial score (nSPS) is 28.1. The average Bonchev–Trinajstić information content (AvgIpc) is 3.00. The molecule has 1 aliphatic carbocycles. The van der Waals surface area contributed by atoms with Gasteiger partial charge in [-0.2, -0.15) is 0 Å². The van der Waals surface area contributed by atoms with Crippen LogP contribution in [-0.2, 0) is 6.54 Å². The van der Waals surface area contributed by atoms with Crippen molar-refractivity contribution in [2.45, 2.75) is 45.4 Å². The summed E-state index contributed by atoms with van der Waals surface area (Å²) in [6.07, 6.45) is 2.45. The van der Waals surface area contributed by atoms with Crippen molar-refractivity contribution >= 4 is 0 Å². The zero-order chi connectivity index (χ0) is 19.0. The van der Waals surface area contributed by atoms with E-state index in [0.717, 1.165) is 43.1 Å². The molecule has 2 fully saturated rings. The first kappa shape index (κ1) is 18.3. The van der Waals surface area contributed by atoms with Crippen molar-refractivity contribution in [3.8, 4) is 5.75 Å². The number of aromatic nitrogens is 2. The number of pyridine rings is 2. The van der Waals surface area contributed by atoms with E-state index in [-0.39, 0.29) is 11.9 Å². The van der Waals surface area contributed by atoms with Crippen LogP contribution in [-0.4, -0.2) is 45.3 Å². The van der Waals surface area contributed by atoms with Crippen LogP contribution in [0, 0.1) is 31.5 Å². The monoisotopic (exact) mass is 371 g/mol. The smallest absolute Gasteiger partial charge is 0.146 e. The molecule has 27 heavy (non-hydrogen) atoms. The Morgan fingerprint density at radius 1 is 1.19 bits per heavy atom. The van der Waals surface area contributed by atoms with Gasteiger partial charge in [0.25, 0.3) is 0 Å². The van der Waals surface area contributed by atoms with Crippen LogP contribution >= 0.6 is 0 Å². The van der Waals surface area contributed by atoms with Gasteiger partial charge in [0, 0.05) is 31.5 Å². The minimum Gasteiger partial charge on any atom is -0.486 e. The van der Waals surface area contributed by atoms with Gasteiger partial charge in [-0.1, -0.05) is 0 Å². The molecule has 4 rings (SSSR count). The summed E-state index contributed by atoms with van der Waals surface area (Å²) in [5.41, 5.74) is 2.30. The highest BCUT2D eigenvalue weighted by Crippen LogP contribution is 2.38. The maximum absolute atomic E-state index is 13.9. The Bertz CT molecular complexity index is 816.